The third-order valence-electron chi connectivity index (χ3n) is 4.22. The number of halogens is 1. The Kier molecular flexibility index (Phi) is 10.3. The van der Waals surface area contributed by atoms with E-state index in [1.807, 2.05) is 23.1 Å². The van der Waals surface area contributed by atoms with Crippen LogP contribution in [0.15, 0.2) is 29.3 Å². The predicted octanol–water partition coefficient (Wildman–Crippen LogP) is 2.03. The number of carbonyl (C=O) groups is 1. The van der Waals surface area contributed by atoms with E-state index in [0.717, 1.165) is 50.2 Å². The molecule has 1 heterocycles. The molecule has 0 unspecified atom stereocenters. The van der Waals surface area contributed by atoms with Crippen molar-refractivity contribution in [2.45, 2.75) is 25.7 Å². The molecular formula is C18H29IN4O2. The number of guanidine groups is 1. The Balaban J connectivity index is 0.00000312. The van der Waals surface area contributed by atoms with Gasteiger partial charge in [-0.15, -0.1) is 24.0 Å². The third kappa shape index (κ3) is 7.09. The molecule has 0 aromatic heterocycles. The highest BCUT2D eigenvalue weighted by Crippen LogP contribution is 2.17. The molecule has 2 rings (SSSR count). The Morgan fingerprint density at radius 2 is 1.92 bits per heavy atom. The number of carbonyl (C=O) groups excluding carboxylic acids is 1. The molecule has 2 N–H and O–H groups in total. The first-order valence-electron chi connectivity index (χ1n) is 8.58. The Hall–Kier alpha value is -1.51. The van der Waals surface area contributed by atoms with E-state index in [-0.39, 0.29) is 36.4 Å². The largest absolute Gasteiger partial charge is 0.496 e. The monoisotopic (exact) mass is 460 g/mol. The molecular weight excluding hydrogens is 431 g/mol. The van der Waals surface area contributed by atoms with E-state index < -0.39 is 0 Å². The summed E-state index contributed by atoms with van der Waals surface area (Å²) < 4.78 is 5.35. The molecule has 0 spiro atoms. The molecule has 0 aliphatic carbocycles. The van der Waals surface area contributed by atoms with Gasteiger partial charge in [-0.25, -0.2) is 0 Å². The summed E-state index contributed by atoms with van der Waals surface area (Å²) >= 11 is 0. The molecule has 6 nitrogen and oxygen atoms in total. The highest BCUT2D eigenvalue weighted by atomic mass is 127. The van der Waals surface area contributed by atoms with Crippen LogP contribution in [0.4, 0.5) is 0 Å². The van der Waals surface area contributed by atoms with E-state index in [9.17, 15) is 4.79 Å². The van der Waals surface area contributed by atoms with Crippen molar-refractivity contribution in [3.8, 4) is 5.75 Å². The molecule has 1 aliphatic heterocycles. The fourth-order valence-corrected chi connectivity index (χ4v) is 2.86. The minimum atomic E-state index is 0. The second-order valence-electron chi connectivity index (χ2n) is 5.86. The number of rotatable bonds is 6. The lowest BCUT2D eigenvalue weighted by Crippen LogP contribution is -2.46. The maximum Gasteiger partial charge on any atom is 0.241 e. The standard InChI is InChI=1S/C18H28N4O2.HI/c1-19-18(21-14-17(23)22-12-6-3-7-13-22)20-11-10-15-8-4-5-9-16(15)24-2;/h4-5,8-9H,3,6-7,10-14H2,1-2H3,(H2,19,20,21);1H. The van der Waals surface area contributed by atoms with Gasteiger partial charge in [-0.3, -0.25) is 9.79 Å². The van der Waals surface area contributed by atoms with Crippen molar-refractivity contribution >= 4 is 35.8 Å². The summed E-state index contributed by atoms with van der Waals surface area (Å²) in [5, 5.41) is 6.34. The summed E-state index contributed by atoms with van der Waals surface area (Å²) in [7, 11) is 3.39. The van der Waals surface area contributed by atoms with Crippen LogP contribution in [0.5, 0.6) is 5.75 Å². The number of amides is 1. The number of benzene rings is 1. The second kappa shape index (κ2) is 11.9. The van der Waals surface area contributed by atoms with Crippen molar-refractivity contribution in [3.05, 3.63) is 29.8 Å². The maximum absolute atomic E-state index is 12.2. The van der Waals surface area contributed by atoms with E-state index in [2.05, 4.69) is 21.7 Å². The molecule has 1 amide bonds. The van der Waals surface area contributed by atoms with Gasteiger partial charge in [-0.1, -0.05) is 18.2 Å². The number of nitrogens with zero attached hydrogens (tertiary/aromatic N) is 2. The second-order valence-corrected chi connectivity index (χ2v) is 5.86. The van der Waals surface area contributed by atoms with Gasteiger partial charge in [0.1, 0.15) is 5.75 Å². The molecule has 1 aliphatic rings. The van der Waals surface area contributed by atoms with E-state index in [1.54, 1.807) is 14.2 Å². The lowest BCUT2D eigenvalue weighted by atomic mass is 10.1. The minimum Gasteiger partial charge on any atom is -0.496 e. The van der Waals surface area contributed by atoms with Gasteiger partial charge < -0.3 is 20.3 Å². The van der Waals surface area contributed by atoms with Gasteiger partial charge in [0.25, 0.3) is 0 Å². The van der Waals surface area contributed by atoms with Gasteiger partial charge in [0.2, 0.25) is 5.91 Å². The van der Waals surface area contributed by atoms with Crippen LogP contribution in [0.1, 0.15) is 24.8 Å². The highest BCUT2D eigenvalue weighted by molar-refractivity contribution is 14.0. The van der Waals surface area contributed by atoms with Crippen LogP contribution in [0, 0.1) is 0 Å². The fourth-order valence-electron chi connectivity index (χ4n) is 2.86. The van der Waals surface area contributed by atoms with Gasteiger partial charge in [-0.05, 0) is 37.3 Å². The number of nitrogens with one attached hydrogen (secondary N) is 2. The molecule has 1 saturated heterocycles. The van der Waals surface area contributed by atoms with E-state index >= 15 is 0 Å². The Labute approximate surface area is 167 Å². The van der Waals surface area contributed by atoms with Crippen LogP contribution in [-0.4, -0.2) is 57.1 Å². The summed E-state index contributed by atoms with van der Waals surface area (Å²) in [6.07, 6.45) is 4.27. The van der Waals surface area contributed by atoms with E-state index in [1.165, 1.54) is 6.42 Å². The van der Waals surface area contributed by atoms with Gasteiger partial charge in [0, 0.05) is 26.7 Å². The first-order valence-corrected chi connectivity index (χ1v) is 8.58. The summed E-state index contributed by atoms with van der Waals surface area (Å²) in [4.78, 5) is 18.3. The van der Waals surface area contributed by atoms with Crippen LogP contribution in [0.2, 0.25) is 0 Å². The number of ether oxygens (including phenoxy) is 1. The molecule has 0 atom stereocenters. The number of para-hydroxylation sites is 1. The normalized spacial score (nSPS) is 14.5. The Morgan fingerprint density at radius 1 is 1.20 bits per heavy atom. The van der Waals surface area contributed by atoms with Crippen molar-refractivity contribution in [2.75, 3.05) is 40.3 Å². The molecule has 25 heavy (non-hydrogen) atoms. The number of hydrogen-bond acceptors (Lipinski definition) is 3. The molecule has 1 fully saturated rings. The Bertz CT molecular complexity index is 560. The summed E-state index contributed by atoms with van der Waals surface area (Å²) in [6.45, 7) is 2.76. The highest BCUT2D eigenvalue weighted by Gasteiger charge is 2.16. The van der Waals surface area contributed by atoms with Crippen molar-refractivity contribution in [1.82, 2.24) is 15.5 Å². The predicted molar refractivity (Wildman–Crippen MR) is 112 cm³/mol. The van der Waals surface area contributed by atoms with Gasteiger partial charge in [0.15, 0.2) is 5.96 Å². The average Bonchev–Trinajstić information content (AvgIpc) is 2.65. The van der Waals surface area contributed by atoms with Crippen molar-refractivity contribution in [3.63, 3.8) is 0 Å². The number of piperidine rings is 1. The van der Waals surface area contributed by atoms with Crippen molar-refractivity contribution < 1.29 is 9.53 Å². The summed E-state index contributed by atoms with van der Waals surface area (Å²) in [5.41, 5.74) is 1.15. The number of methoxy groups -OCH3 is 1. The molecule has 1 aromatic carbocycles. The van der Waals surface area contributed by atoms with Crippen molar-refractivity contribution in [1.29, 1.82) is 0 Å². The molecule has 140 valence electrons. The lowest BCUT2D eigenvalue weighted by Gasteiger charge is -2.27. The Morgan fingerprint density at radius 3 is 2.60 bits per heavy atom. The number of hydrogen-bond donors (Lipinski definition) is 2. The molecule has 0 saturated carbocycles. The smallest absolute Gasteiger partial charge is 0.241 e. The third-order valence-corrected chi connectivity index (χ3v) is 4.22. The van der Waals surface area contributed by atoms with Crippen LogP contribution in [0.3, 0.4) is 0 Å². The molecule has 0 bridgehead atoms. The first kappa shape index (κ1) is 21.5. The molecule has 1 aromatic rings. The van der Waals surface area contributed by atoms with E-state index in [0.29, 0.717) is 5.96 Å². The SMILES string of the molecule is CN=C(NCCc1ccccc1OC)NCC(=O)N1CCCCC1.I. The average molecular weight is 460 g/mol. The van der Waals surface area contributed by atoms with Crippen LogP contribution in [0.25, 0.3) is 0 Å². The lowest BCUT2D eigenvalue weighted by molar-refractivity contribution is -0.130. The molecule has 7 heteroatoms. The fraction of sp³-hybridized carbons (Fsp3) is 0.556. The van der Waals surface area contributed by atoms with Crippen LogP contribution >= 0.6 is 24.0 Å². The van der Waals surface area contributed by atoms with Gasteiger partial charge >= 0.3 is 0 Å². The summed E-state index contributed by atoms with van der Waals surface area (Å²) in [6, 6.07) is 7.97. The van der Waals surface area contributed by atoms with Gasteiger partial charge in [0.05, 0.1) is 13.7 Å². The van der Waals surface area contributed by atoms with Crippen LogP contribution < -0.4 is 15.4 Å². The summed E-state index contributed by atoms with van der Waals surface area (Å²) in [5.74, 6) is 1.68. The zero-order valence-electron chi connectivity index (χ0n) is 15.1. The zero-order valence-corrected chi connectivity index (χ0v) is 17.4. The van der Waals surface area contributed by atoms with Crippen LogP contribution in [-0.2, 0) is 11.2 Å². The number of likely N-dealkylation sites (tertiary alicyclic amines) is 1. The minimum absolute atomic E-state index is 0. The topological polar surface area (TPSA) is 66.0 Å². The van der Waals surface area contributed by atoms with Crippen molar-refractivity contribution in [2.24, 2.45) is 4.99 Å². The number of aliphatic imine (C=N–C) groups is 1. The molecule has 0 radical (unpaired) electrons. The van der Waals surface area contributed by atoms with E-state index in [4.69, 9.17) is 4.74 Å². The maximum atomic E-state index is 12.2. The quantitative estimate of drug-likeness (QED) is 0.388. The first-order chi connectivity index (χ1) is 11.7. The zero-order chi connectivity index (χ0) is 17.2. The van der Waals surface area contributed by atoms with Gasteiger partial charge in [-0.2, -0.15) is 0 Å².